The summed E-state index contributed by atoms with van der Waals surface area (Å²) in [6.07, 6.45) is 1.14. The lowest BCUT2D eigenvalue weighted by Gasteiger charge is -2.27. The summed E-state index contributed by atoms with van der Waals surface area (Å²) in [6, 6.07) is 19.2. The van der Waals surface area contributed by atoms with Crippen molar-refractivity contribution in [2.75, 3.05) is 0 Å². The maximum absolute atomic E-state index is 11.8. The fourth-order valence-corrected chi connectivity index (χ4v) is 3.43. The molecule has 1 atom stereocenters. The molecule has 0 heterocycles. The van der Waals surface area contributed by atoms with Crippen LogP contribution >= 0.6 is 7.60 Å². The van der Waals surface area contributed by atoms with Crippen LogP contribution < -0.4 is 5.32 Å². The Kier molecular flexibility index (Phi) is 5.92. The van der Waals surface area contributed by atoms with Crippen molar-refractivity contribution in [3.05, 3.63) is 71.8 Å². The molecule has 4 nitrogen and oxygen atoms in total. The van der Waals surface area contributed by atoms with Crippen LogP contribution in [0.3, 0.4) is 0 Å². The van der Waals surface area contributed by atoms with Crippen LogP contribution in [-0.4, -0.2) is 15.6 Å². The van der Waals surface area contributed by atoms with Crippen molar-refractivity contribution in [3.63, 3.8) is 0 Å². The Morgan fingerprint density at radius 3 is 1.77 bits per heavy atom. The molecule has 22 heavy (non-hydrogen) atoms. The SMILES string of the molecule is CCC[C@H](NC(c1ccccc1)c1ccccc1)P(=O)(O)O. The molecule has 0 unspecified atom stereocenters. The zero-order chi connectivity index (χ0) is 16.0. The first-order valence-corrected chi connectivity index (χ1v) is 9.11. The van der Waals surface area contributed by atoms with Crippen LogP contribution in [0.5, 0.6) is 0 Å². The molecule has 0 saturated carbocycles. The van der Waals surface area contributed by atoms with Crippen LogP contribution in [0, 0.1) is 0 Å². The third-order valence-electron chi connectivity index (χ3n) is 3.59. The second-order valence-electron chi connectivity index (χ2n) is 5.31. The lowest BCUT2D eigenvalue weighted by atomic mass is 9.98. The lowest BCUT2D eigenvalue weighted by molar-refractivity contribution is 0.335. The average molecular weight is 319 g/mol. The largest absolute Gasteiger partial charge is 0.342 e. The molecule has 0 aliphatic rings. The monoisotopic (exact) mass is 319 g/mol. The van der Waals surface area contributed by atoms with E-state index in [2.05, 4.69) is 5.32 Å². The van der Waals surface area contributed by atoms with Crippen LogP contribution in [0.4, 0.5) is 0 Å². The quantitative estimate of drug-likeness (QED) is 0.681. The van der Waals surface area contributed by atoms with Gasteiger partial charge >= 0.3 is 7.60 Å². The number of benzene rings is 2. The average Bonchev–Trinajstić information content (AvgIpc) is 2.52. The molecule has 0 spiro atoms. The van der Waals surface area contributed by atoms with E-state index in [0.29, 0.717) is 12.8 Å². The summed E-state index contributed by atoms with van der Waals surface area (Å²) < 4.78 is 11.8. The summed E-state index contributed by atoms with van der Waals surface area (Å²) in [5.74, 6) is -0.845. The molecule has 2 aromatic carbocycles. The van der Waals surface area contributed by atoms with E-state index in [4.69, 9.17) is 0 Å². The minimum atomic E-state index is -4.20. The summed E-state index contributed by atoms with van der Waals surface area (Å²) in [5, 5.41) is 3.16. The van der Waals surface area contributed by atoms with Crippen molar-refractivity contribution in [2.45, 2.75) is 31.6 Å². The van der Waals surface area contributed by atoms with E-state index in [-0.39, 0.29) is 6.04 Å². The Morgan fingerprint density at radius 1 is 0.955 bits per heavy atom. The molecule has 0 amide bonds. The molecule has 5 heteroatoms. The van der Waals surface area contributed by atoms with Gasteiger partial charge in [0.05, 0.1) is 6.04 Å². The van der Waals surface area contributed by atoms with E-state index in [9.17, 15) is 14.4 Å². The molecule has 0 saturated heterocycles. The van der Waals surface area contributed by atoms with E-state index in [1.165, 1.54) is 0 Å². The number of nitrogens with one attached hydrogen (secondary N) is 1. The highest BCUT2D eigenvalue weighted by atomic mass is 31.2. The number of hydrogen-bond acceptors (Lipinski definition) is 2. The zero-order valence-electron chi connectivity index (χ0n) is 12.6. The lowest BCUT2D eigenvalue weighted by Crippen LogP contribution is -2.33. The van der Waals surface area contributed by atoms with Crippen LogP contribution in [0.1, 0.15) is 36.9 Å². The molecule has 0 aromatic heterocycles. The highest BCUT2D eigenvalue weighted by Gasteiger charge is 2.30. The van der Waals surface area contributed by atoms with Gasteiger partial charge in [0.25, 0.3) is 0 Å². The predicted molar refractivity (Wildman–Crippen MR) is 88.6 cm³/mol. The van der Waals surface area contributed by atoms with Crippen molar-refractivity contribution in [3.8, 4) is 0 Å². The van der Waals surface area contributed by atoms with Gasteiger partial charge in [-0.05, 0) is 17.5 Å². The third kappa shape index (κ3) is 4.52. The summed E-state index contributed by atoms with van der Waals surface area (Å²) in [5.41, 5.74) is 1.98. The van der Waals surface area contributed by atoms with Gasteiger partial charge in [0.15, 0.2) is 0 Å². The summed E-state index contributed by atoms with van der Waals surface area (Å²) in [6.45, 7) is 1.92. The Bertz CT molecular complexity index is 573. The third-order valence-corrected chi connectivity index (χ3v) is 4.81. The standard InChI is InChI=1S/C17H22NO3P/c1-2-9-16(22(19,20)21)18-17(14-10-5-3-6-11-14)15-12-7-4-8-13-15/h3-8,10-13,16-18H,2,9H2,1H3,(H2,19,20,21)/t16-/m1/s1. The van der Waals surface area contributed by atoms with Gasteiger partial charge in [-0.2, -0.15) is 0 Å². The highest BCUT2D eigenvalue weighted by Crippen LogP contribution is 2.43. The fraction of sp³-hybridized carbons (Fsp3) is 0.294. The summed E-state index contributed by atoms with van der Waals surface area (Å²) in [4.78, 5) is 19.2. The van der Waals surface area contributed by atoms with Crippen molar-refractivity contribution < 1.29 is 14.4 Å². The van der Waals surface area contributed by atoms with Gasteiger partial charge in [0, 0.05) is 0 Å². The molecule has 0 aliphatic heterocycles. The normalized spacial score (nSPS) is 13.3. The van der Waals surface area contributed by atoms with Crippen molar-refractivity contribution >= 4 is 7.60 Å². The van der Waals surface area contributed by atoms with Gasteiger partial charge in [-0.1, -0.05) is 74.0 Å². The Labute approximate surface area is 131 Å². The molecule has 118 valence electrons. The van der Waals surface area contributed by atoms with Crippen LogP contribution in [0.25, 0.3) is 0 Å². The molecule has 0 aliphatic carbocycles. The van der Waals surface area contributed by atoms with Gasteiger partial charge in [-0.3, -0.25) is 9.88 Å². The van der Waals surface area contributed by atoms with E-state index < -0.39 is 13.4 Å². The fourth-order valence-electron chi connectivity index (χ4n) is 2.49. The molecule has 2 aromatic rings. The van der Waals surface area contributed by atoms with Crippen molar-refractivity contribution in [1.29, 1.82) is 0 Å². The Morgan fingerprint density at radius 2 is 1.41 bits per heavy atom. The minimum Gasteiger partial charge on any atom is -0.323 e. The molecule has 0 bridgehead atoms. The van der Waals surface area contributed by atoms with E-state index >= 15 is 0 Å². The first-order chi connectivity index (χ1) is 10.5. The molecule has 2 rings (SSSR count). The molecule has 3 N–H and O–H groups in total. The van der Waals surface area contributed by atoms with Crippen LogP contribution in [-0.2, 0) is 4.57 Å². The number of rotatable bonds is 7. The van der Waals surface area contributed by atoms with Crippen LogP contribution in [0.2, 0.25) is 0 Å². The van der Waals surface area contributed by atoms with Crippen molar-refractivity contribution in [1.82, 2.24) is 5.32 Å². The van der Waals surface area contributed by atoms with Gasteiger partial charge in [-0.25, -0.2) is 0 Å². The molecular formula is C17H22NO3P. The zero-order valence-corrected chi connectivity index (χ0v) is 13.5. The van der Waals surface area contributed by atoms with E-state index in [1.807, 2.05) is 67.6 Å². The smallest absolute Gasteiger partial charge is 0.323 e. The maximum Gasteiger partial charge on any atom is 0.342 e. The minimum absolute atomic E-state index is 0.244. The Hall–Kier alpha value is -1.45. The van der Waals surface area contributed by atoms with Crippen molar-refractivity contribution in [2.24, 2.45) is 0 Å². The van der Waals surface area contributed by atoms with Gasteiger partial charge in [0.1, 0.15) is 5.78 Å². The Balaban J connectivity index is 2.35. The second-order valence-corrected chi connectivity index (χ2v) is 7.12. The predicted octanol–water partition coefficient (Wildman–Crippen LogP) is 3.67. The topological polar surface area (TPSA) is 69.6 Å². The van der Waals surface area contributed by atoms with Crippen LogP contribution in [0.15, 0.2) is 60.7 Å². The molecule has 0 fully saturated rings. The van der Waals surface area contributed by atoms with Gasteiger partial charge in [-0.15, -0.1) is 0 Å². The van der Waals surface area contributed by atoms with Gasteiger partial charge in [0.2, 0.25) is 0 Å². The molecular weight excluding hydrogens is 297 g/mol. The summed E-state index contributed by atoms with van der Waals surface area (Å²) >= 11 is 0. The van der Waals surface area contributed by atoms with E-state index in [1.54, 1.807) is 0 Å². The first kappa shape index (κ1) is 16.9. The van der Waals surface area contributed by atoms with E-state index in [0.717, 1.165) is 11.1 Å². The van der Waals surface area contributed by atoms with Gasteiger partial charge < -0.3 is 9.79 Å². The number of hydrogen-bond donors (Lipinski definition) is 3. The highest BCUT2D eigenvalue weighted by molar-refractivity contribution is 7.52. The molecule has 0 radical (unpaired) electrons. The maximum atomic E-state index is 11.8. The first-order valence-electron chi connectivity index (χ1n) is 7.43. The second kappa shape index (κ2) is 7.70. The summed E-state index contributed by atoms with van der Waals surface area (Å²) in [7, 11) is -4.20.